The molecule has 40 heavy (non-hydrogen) atoms. The number of aromatic carboxylic acids is 1. The van der Waals surface area contributed by atoms with Crippen molar-refractivity contribution in [3.8, 4) is 16.9 Å². The molecule has 4 rings (SSSR count). The monoisotopic (exact) mass is 541 g/mol. The number of Topliss-reactive ketones (excluding diaryl/α,β-unsaturated/α-hetero) is 2. The summed E-state index contributed by atoms with van der Waals surface area (Å²) in [6.07, 6.45) is 1.38. The molecule has 0 amide bonds. The van der Waals surface area contributed by atoms with Crippen molar-refractivity contribution in [1.29, 1.82) is 0 Å². The van der Waals surface area contributed by atoms with Crippen molar-refractivity contribution in [1.82, 2.24) is 4.57 Å². The number of nitrogens with zero attached hydrogens (tertiary/aromatic N) is 1. The molecular formula is C32H31NO7. The molecule has 1 N–H and O–H groups in total. The average molecular weight is 542 g/mol. The van der Waals surface area contributed by atoms with Crippen molar-refractivity contribution in [2.45, 2.75) is 39.2 Å². The van der Waals surface area contributed by atoms with Gasteiger partial charge in [0.2, 0.25) is 0 Å². The van der Waals surface area contributed by atoms with E-state index in [0.717, 1.165) is 11.1 Å². The van der Waals surface area contributed by atoms with Crippen LogP contribution in [0.1, 0.15) is 52.1 Å². The third kappa shape index (κ3) is 6.64. The van der Waals surface area contributed by atoms with E-state index in [4.69, 9.17) is 4.74 Å². The Morgan fingerprint density at radius 2 is 1.52 bits per heavy atom. The Hall–Kier alpha value is -4.72. The molecule has 0 radical (unpaired) electrons. The Morgan fingerprint density at radius 1 is 0.850 bits per heavy atom. The summed E-state index contributed by atoms with van der Waals surface area (Å²) in [6.45, 7) is 1.55. The van der Waals surface area contributed by atoms with Gasteiger partial charge in [0.15, 0.2) is 11.6 Å². The fourth-order valence-electron chi connectivity index (χ4n) is 4.71. The Labute approximate surface area is 232 Å². The van der Waals surface area contributed by atoms with E-state index >= 15 is 0 Å². The molecule has 0 bridgehead atoms. The summed E-state index contributed by atoms with van der Waals surface area (Å²) >= 11 is 0. The van der Waals surface area contributed by atoms with E-state index in [2.05, 4.69) is 4.74 Å². The minimum Gasteiger partial charge on any atom is -0.486 e. The number of carbonyl (C=O) groups is 4. The van der Waals surface area contributed by atoms with Gasteiger partial charge in [-0.05, 0) is 61.2 Å². The second-order valence-electron chi connectivity index (χ2n) is 9.51. The molecule has 0 aliphatic carbocycles. The van der Waals surface area contributed by atoms with Crippen LogP contribution in [-0.2, 0) is 20.9 Å². The molecule has 0 spiro atoms. The molecule has 4 aromatic rings. The standard InChI is InChI=1S/C32H31NO7/c1-21-31(29(35)10-6-7-11-30(36)39-2)27-18-24(32(37)38)14-17-28(27)33(21)19-25(34)20-40-26-15-12-23(13-16-26)22-8-4-3-5-9-22/h3-5,8-9,12-18H,6-7,10-11,19-20H2,1-2H3,(H,37,38). The van der Waals surface area contributed by atoms with Crippen molar-refractivity contribution in [2.24, 2.45) is 0 Å². The van der Waals surface area contributed by atoms with Gasteiger partial charge in [-0.2, -0.15) is 0 Å². The van der Waals surface area contributed by atoms with E-state index in [9.17, 15) is 24.3 Å². The lowest BCUT2D eigenvalue weighted by molar-refractivity contribution is -0.140. The molecule has 0 aliphatic rings. The summed E-state index contributed by atoms with van der Waals surface area (Å²) in [7, 11) is 1.32. The van der Waals surface area contributed by atoms with Crippen LogP contribution >= 0.6 is 0 Å². The molecule has 8 heteroatoms. The predicted molar refractivity (Wildman–Crippen MR) is 151 cm³/mol. The first-order valence-electron chi connectivity index (χ1n) is 13.0. The van der Waals surface area contributed by atoms with Crippen LogP contribution in [0.3, 0.4) is 0 Å². The maximum Gasteiger partial charge on any atom is 0.335 e. The van der Waals surface area contributed by atoms with E-state index in [1.165, 1.54) is 19.2 Å². The first-order chi connectivity index (χ1) is 19.3. The number of aromatic nitrogens is 1. The summed E-state index contributed by atoms with van der Waals surface area (Å²) < 4.78 is 12.1. The highest BCUT2D eigenvalue weighted by molar-refractivity contribution is 6.11. The van der Waals surface area contributed by atoms with Gasteiger partial charge in [-0.15, -0.1) is 0 Å². The Morgan fingerprint density at radius 3 is 2.20 bits per heavy atom. The zero-order valence-electron chi connectivity index (χ0n) is 22.5. The van der Waals surface area contributed by atoms with E-state index in [1.807, 2.05) is 54.6 Å². The van der Waals surface area contributed by atoms with Crippen molar-refractivity contribution >= 4 is 34.4 Å². The zero-order valence-corrected chi connectivity index (χ0v) is 22.5. The summed E-state index contributed by atoms with van der Waals surface area (Å²) in [6, 6.07) is 22.0. The van der Waals surface area contributed by atoms with Crippen molar-refractivity contribution in [3.05, 3.63) is 89.6 Å². The number of ketones is 2. The van der Waals surface area contributed by atoms with E-state index in [1.54, 1.807) is 17.6 Å². The number of unbranched alkanes of at least 4 members (excludes halogenated alkanes) is 1. The molecule has 8 nitrogen and oxygen atoms in total. The first kappa shape index (κ1) is 28.3. The van der Waals surface area contributed by atoms with Crippen molar-refractivity contribution in [2.75, 3.05) is 13.7 Å². The maximum atomic E-state index is 13.2. The molecular weight excluding hydrogens is 510 g/mol. The normalized spacial score (nSPS) is 10.8. The number of carbonyl (C=O) groups excluding carboxylic acids is 3. The van der Waals surface area contributed by atoms with E-state index < -0.39 is 5.97 Å². The second-order valence-corrected chi connectivity index (χ2v) is 9.51. The Kier molecular flexibility index (Phi) is 9.11. The number of benzene rings is 3. The summed E-state index contributed by atoms with van der Waals surface area (Å²) in [5.74, 6) is -1.25. The SMILES string of the molecule is COC(=O)CCCCC(=O)c1c(C)n(CC(=O)COc2ccc(-c3ccccc3)cc2)c2ccc(C(=O)O)cc12. The highest BCUT2D eigenvalue weighted by atomic mass is 16.5. The number of carboxylic acids is 1. The maximum absolute atomic E-state index is 13.2. The minimum atomic E-state index is -1.11. The number of carboxylic acid groups (broad SMARTS) is 1. The van der Waals surface area contributed by atoms with E-state index in [0.29, 0.717) is 40.8 Å². The van der Waals surface area contributed by atoms with Gasteiger partial charge < -0.3 is 19.1 Å². The minimum absolute atomic E-state index is 0.0352. The first-order valence-corrected chi connectivity index (χ1v) is 13.0. The quantitative estimate of drug-likeness (QED) is 0.128. The highest BCUT2D eigenvalue weighted by Crippen LogP contribution is 2.29. The number of esters is 1. The Balaban J connectivity index is 1.49. The Bertz CT molecular complexity index is 1540. The topological polar surface area (TPSA) is 112 Å². The molecule has 0 saturated heterocycles. The zero-order chi connectivity index (χ0) is 28.6. The highest BCUT2D eigenvalue weighted by Gasteiger charge is 2.22. The molecule has 0 aliphatic heterocycles. The largest absolute Gasteiger partial charge is 0.486 e. The molecule has 1 heterocycles. The summed E-state index contributed by atoms with van der Waals surface area (Å²) in [5.41, 5.74) is 3.74. The fraction of sp³-hybridized carbons (Fsp3) is 0.250. The number of methoxy groups -OCH3 is 1. The van der Waals surface area contributed by atoms with Gasteiger partial charge in [0, 0.05) is 35.0 Å². The third-order valence-corrected chi connectivity index (χ3v) is 6.81. The fourth-order valence-corrected chi connectivity index (χ4v) is 4.71. The lowest BCUT2D eigenvalue weighted by Crippen LogP contribution is -2.19. The number of ether oxygens (including phenoxy) is 2. The summed E-state index contributed by atoms with van der Waals surface area (Å²) in [5, 5.41) is 9.98. The van der Waals surface area contributed by atoms with Crippen LogP contribution in [-0.4, -0.2) is 46.9 Å². The van der Waals surface area contributed by atoms with E-state index in [-0.39, 0.29) is 49.1 Å². The predicted octanol–water partition coefficient (Wildman–Crippen LogP) is 5.88. The second kappa shape index (κ2) is 12.9. The van der Waals surface area contributed by atoms with Gasteiger partial charge in [0.1, 0.15) is 12.4 Å². The molecule has 0 fully saturated rings. The molecule has 0 unspecified atom stereocenters. The van der Waals surface area contributed by atoms with Crippen LogP contribution in [0, 0.1) is 6.92 Å². The van der Waals surface area contributed by atoms with Gasteiger partial charge in [0.05, 0.1) is 19.2 Å². The molecule has 3 aromatic carbocycles. The van der Waals surface area contributed by atoms with Gasteiger partial charge in [-0.3, -0.25) is 14.4 Å². The van der Waals surface area contributed by atoms with Crippen LogP contribution in [0.15, 0.2) is 72.8 Å². The van der Waals surface area contributed by atoms with Gasteiger partial charge in [-0.25, -0.2) is 4.79 Å². The van der Waals surface area contributed by atoms with Crippen LogP contribution < -0.4 is 4.74 Å². The van der Waals surface area contributed by atoms with Gasteiger partial charge in [-0.1, -0.05) is 42.5 Å². The number of fused-ring (bicyclic) bond motifs is 1. The smallest absolute Gasteiger partial charge is 0.335 e. The van der Waals surface area contributed by atoms with Gasteiger partial charge >= 0.3 is 11.9 Å². The van der Waals surface area contributed by atoms with Crippen LogP contribution in [0.5, 0.6) is 5.75 Å². The number of hydrogen-bond acceptors (Lipinski definition) is 6. The average Bonchev–Trinajstić information content (AvgIpc) is 3.24. The number of hydrogen-bond donors (Lipinski definition) is 1. The van der Waals surface area contributed by atoms with Crippen molar-refractivity contribution < 1.29 is 33.8 Å². The van der Waals surface area contributed by atoms with Crippen LogP contribution in [0.2, 0.25) is 0 Å². The number of rotatable bonds is 13. The molecule has 1 aromatic heterocycles. The van der Waals surface area contributed by atoms with Crippen LogP contribution in [0.4, 0.5) is 0 Å². The lowest BCUT2D eigenvalue weighted by Gasteiger charge is -2.10. The molecule has 0 atom stereocenters. The third-order valence-electron chi connectivity index (χ3n) is 6.81. The van der Waals surface area contributed by atoms with Crippen molar-refractivity contribution in [3.63, 3.8) is 0 Å². The molecule has 206 valence electrons. The van der Waals surface area contributed by atoms with Gasteiger partial charge in [0.25, 0.3) is 0 Å². The van der Waals surface area contributed by atoms with Crippen LogP contribution in [0.25, 0.3) is 22.0 Å². The summed E-state index contributed by atoms with van der Waals surface area (Å²) in [4.78, 5) is 49.2. The lowest BCUT2D eigenvalue weighted by atomic mass is 10.0. The molecule has 0 saturated carbocycles.